The maximum Gasteiger partial charge on any atom is 0.334 e. The summed E-state index contributed by atoms with van der Waals surface area (Å²) in [5.74, 6) is -1.02. The van der Waals surface area contributed by atoms with Crippen molar-refractivity contribution in [3.8, 4) is 5.75 Å². The summed E-state index contributed by atoms with van der Waals surface area (Å²) in [5, 5.41) is 0.454. The van der Waals surface area contributed by atoms with E-state index in [2.05, 4.69) is 0 Å². The predicted octanol–water partition coefficient (Wildman–Crippen LogP) is 2.45. The Bertz CT molecular complexity index is 643. The maximum absolute atomic E-state index is 12.4. The minimum atomic E-state index is -0.773. The molecule has 23 heavy (non-hydrogen) atoms. The molecule has 2 fully saturated rings. The minimum absolute atomic E-state index is 0.0256. The highest BCUT2D eigenvalue weighted by molar-refractivity contribution is 6.44. The summed E-state index contributed by atoms with van der Waals surface area (Å²) in [5.41, 5.74) is 0. The number of rotatable bonds is 5. The van der Waals surface area contributed by atoms with E-state index < -0.39 is 17.8 Å². The second-order valence-corrected chi connectivity index (χ2v) is 6.04. The SMILES string of the molecule is O=C1C(=O)N(C2CCCC2)C(=O)N1CCOc1ccccc1Cl. The van der Waals surface area contributed by atoms with E-state index in [1.807, 2.05) is 0 Å². The van der Waals surface area contributed by atoms with Gasteiger partial charge in [-0.25, -0.2) is 4.79 Å². The highest BCUT2D eigenvalue weighted by atomic mass is 35.5. The number of ether oxygens (including phenoxy) is 1. The van der Waals surface area contributed by atoms with Gasteiger partial charge in [0.2, 0.25) is 0 Å². The highest BCUT2D eigenvalue weighted by Crippen LogP contribution is 2.28. The number of hydrogen-bond donors (Lipinski definition) is 0. The average Bonchev–Trinajstić information content (AvgIpc) is 3.12. The predicted molar refractivity (Wildman–Crippen MR) is 83.2 cm³/mol. The lowest BCUT2D eigenvalue weighted by Gasteiger charge is -2.21. The molecule has 6 nitrogen and oxygen atoms in total. The molecule has 0 aromatic heterocycles. The number of nitrogens with zero attached hydrogens (tertiary/aromatic N) is 2. The molecule has 0 unspecified atom stereocenters. The molecule has 1 aliphatic heterocycles. The van der Waals surface area contributed by atoms with Crippen LogP contribution < -0.4 is 4.74 Å². The summed E-state index contributed by atoms with van der Waals surface area (Å²) in [7, 11) is 0. The summed E-state index contributed by atoms with van der Waals surface area (Å²) < 4.78 is 5.48. The summed E-state index contributed by atoms with van der Waals surface area (Å²) in [6, 6.07) is 6.27. The van der Waals surface area contributed by atoms with Crippen molar-refractivity contribution in [1.82, 2.24) is 9.80 Å². The molecule has 7 heteroatoms. The molecule has 2 aliphatic rings. The van der Waals surface area contributed by atoms with Gasteiger partial charge in [0.15, 0.2) is 0 Å². The number of halogens is 1. The molecule has 0 spiro atoms. The summed E-state index contributed by atoms with van der Waals surface area (Å²) in [6.45, 7) is 0.116. The van der Waals surface area contributed by atoms with Gasteiger partial charge in [-0.2, -0.15) is 0 Å². The number of hydrogen-bond acceptors (Lipinski definition) is 4. The van der Waals surface area contributed by atoms with Crippen LogP contribution in [-0.2, 0) is 9.59 Å². The third-order valence-corrected chi connectivity index (χ3v) is 4.50. The molecule has 0 atom stereocenters. The van der Waals surface area contributed by atoms with E-state index >= 15 is 0 Å². The second kappa shape index (κ2) is 6.58. The first-order valence-electron chi connectivity index (χ1n) is 7.66. The Morgan fingerprint density at radius 1 is 1.09 bits per heavy atom. The number of carbonyl (C=O) groups excluding carboxylic acids is 3. The Labute approximate surface area is 138 Å². The van der Waals surface area contributed by atoms with Crippen molar-refractivity contribution in [2.24, 2.45) is 0 Å². The summed E-state index contributed by atoms with van der Waals surface area (Å²) in [4.78, 5) is 38.5. The van der Waals surface area contributed by atoms with Crippen LogP contribution >= 0.6 is 11.6 Å². The number of benzene rings is 1. The van der Waals surface area contributed by atoms with E-state index in [1.54, 1.807) is 24.3 Å². The normalized spacial score (nSPS) is 19.1. The molecule has 0 radical (unpaired) electrons. The molecular weight excluding hydrogens is 320 g/mol. The second-order valence-electron chi connectivity index (χ2n) is 5.63. The standard InChI is InChI=1S/C16H17ClN2O4/c17-12-7-3-4-8-13(12)23-10-9-18-14(20)15(21)19(16(18)22)11-5-1-2-6-11/h3-4,7-8,11H,1-2,5-6,9-10H2. The molecule has 1 aliphatic carbocycles. The third-order valence-electron chi connectivity index (χ3n) is 4.18. The molecule has 1 saturated carbocycles. The number of carbonyl (C=O) groups is 3. The Hall–Kier alpha value is -2.08. The van der Waals surface area contributed by atoms with Gasteiger partial charge < -0.3 is 4.74 Å². The number of urea groups is 1. The van der Waals surface area contributed by atoms with Crippen molar-refractivity contribution < 1.29 is 19.1 Å². The van der Waals surface area contributed by atoms with Gasteiger partial charge in [-0.1, -0.05) is 36.6 Å². The lowest BCUT2D eigenvalue weighted by Crippen LogP contribution is -2.40. The van der Waals surface area contributed by atoms with Crippen molar-refractivity contribution in [3.05, 3.63) is 29.3 Å². The fourth-order valence-electron chi connectivity index (χ4n) is 3.01. The van der Waals surface area contributed by atoms with Gasteiger partial charge in [0.25, 0.3) is 0 Å². The van der Waals surface area contributed by atoms with Crippen LogP contribution in [-0.4, -0.2) is 46.8 Å². The molecule has 1 saturated heterocycles. The van der Waals surface area contributed by atoms with Gasteiger partial charge >= 0.3 is 17.8 Å². The zero-order chi connectivity index (χ0) is 16.4. The van der Waals surface area contributed by atoms with E-state index in [0.29, 0.717) is 10.8 Å². The minimum Gasteiger partial charge on any atom is -0.490 e. The van der Waals surface area contributed by atoms with Crippen LogP contribution in [0, 0.1) is 0 Å². The van der Waals surface area contributed by atoms with Crippen molar-refractivity contribution in [1.29, 1.82) is 0 Å². The Morgan fingerprint density at radius 3 is 2.48 bits per heavy atom. The summed E-state index contributed by atoms with van der Waals surface area (Å²) in [6.07, 6.45) is 3.50. The first-order valence-corrected chi connectivity index (χ1v) is 8.03. The summed E-state index contributed by atoms with van der Waals surface area (Å²) >= 11 is 5.97. The lowest BCUT2D eigenvalue weighted by molar-refractivity contribution is -0.144. The van der Waals surface area contributed by atoms with Crippen molar-refractivity contribution >= 4 is 29.4 Å². The Kier molecular flexibility index (Phi) is 4.52. The Balaban J connectivity index is 1.61. The zero-order valence-corrected chi connectivity index (χ0v) is 13.3. The van der Waals surface area contributed by atoms with Crippen molar-refractivity contribution in [2.75, 3.05) is 13.2 Å². The van der Waals surface area contributed by atoms with Gasteiger partial charge in [0.05, 0.1) is 11.6 Å². The molecule has 4 amide bonds. The molecular formula is C16H17ClN2O4. The van der Waals surface area contributed by atoms with E-state index in [9.17, 15) is 14.4 Å². The highest BCUT2D eigenvalue weighted by Gasteiger charge is 2.47. The monoisotopic (exact) mass is 336 g/mol. The molecule has 0 bridgehead atoms. The van der Waals surface area contributed by atoms with Crippen LogP contribution in [0.4, 0.5) is 4.79 Å². The van der Waals surface area contributed by atoms with Crippen molar-refractivity contribution in [2.45, 2.75) is 31.7 Å². The lowest BCUT2D eigenvalue weighted by atomic mass is 10.2. The molecule has 122 valence electrons. The van der Waals surface area contributed by atoms with Gasteiger partial charge in [0, 0.05) is 6.04 Å². The molecule has 0 N–H and O–H groups in total. The van der Waals surface area contributed by atoms with Crippen LogP contribution in [0.5, 0.6) is 5.75 Å². The quantitative estimate of drug-likeness (QED) is 0.612. The number of amides is 4. The van der Waals surface area contributed by atoms with Crippen LogP contribution in [0.25, 0.3) is 0 Å². The molecule has 1 aromatic carbocycles. The van der Waals surface area contributed by atoms with Gasteiger partial charge in [0.1, 0.15) is 12.4 Å². The van der Waals surface area contributed by atoms with E-state index in [4.69, 9.17) is 16.3 Å². The number of imide groups is 2. The first kappa shape index (κ1) is 15.8. The Morgan fingerprint density at radius 2 is 1.78 bits per heavy atom. The number of para-hydroxylation sites is 1. The third kappa shape index (κ3) is 3.03. The fourth-order valence-corrected chi connectivity index (χ4v) is 3.20. The van der Waals surface area contributed by atoms with Gasteiger partial charge in [-0.15, -0.1) is 0 Å². The fraction of sp³-hybridized carbons (Fsp3) is 0.438. The van der Waals surface area contributed by atoms with E-state index in [-0.39, 0.29) is 19.2 Å². The van der Waals surface area contributed by atoms with Gasteiger partial charge in [-0.3, -0.25) is 19.4 Å². The van der Waals surface area contributed by atoms with Crippen LogP contribution in [0.15, 0.2) is 24.3 Å². The van der Waals surface area contributed by atoms with Gasteiger partial charge in [-0.05, 0) is 25.0 Å². The zero-order valence-electron chi connectivity index (χ0n) is 12.5. The first-order chi connectivity index (χ1) is 11.1. The van der Waals surface area contributed by atoms with Crippen LogP contribution in [0.2, 0.25) is 5.02 Å². The van der Waals surface area contributed by atoms with Crippen molar-refractivity contribution in [3.63, 3.8) is 0 Å². The average molecular weight is 337 g/mol. The van der Waals surface area contributed by atoms with Crippen LogP contribution in [0.3, 0.4) is 0 Å². The largest absolute Gasteiger partial charge is 0.490 e. The van der Waals surface area contributed by atoms with Crippen LogP contribution in [0.1, 0.15) is 25.7 Å². The maximum atomic E-state index is 12.4. The molecule has 3 rings (SSSR count). The van der Waals surface area contributed by atoms with E-state index in [1.165, 1.54) is 0 Å². The topological polar surface area (TPSA) is 66.9 Å². The molecule has 1 aromatic rings. The van der Waals surface area contributed by atoms with E-state index in [0.717, 1.165) is 35.5 Å². The smallest absolute Gasteiger partial charge is 0.334 e. The molecule has 1 heterocycles.